The van der Waals surface area contributed by atoms with Gasteiger partial charge in [-0.2, -0.15) is 11.8 Å². The average Bonchev–Trinajstić information content (AvgIpc) is 2.45. The van der Waals surface area contributed by atoms with Gasteiger partial charge in [-0.1, -0.05) is 30.7 Å². The van der Waals surface area contributed by atoms with Crippen LogP contribution >= 0.6 is 11.8 Å². The maximum atomic E-state index is 5.90. The van der Waals surface area contributed by atoms with Crippen molar-refractivity contribution in [3.63, 3.8) is 0 Å². The number of benzene rings is 1. The van der Waals surface area contributed by atoms with Gasteiger partial charge in [0.15, 0.2) is 0 Å². The van der Waals surface area contributed by atoms with Gasteiger partial charge in [0.05, 0.1) is 0 Å². The molecule has 2 nitrogen and oxygen atoms in total. The summed E-state index contributed by atoms with van der Waals surface area (Å²) in [6.07, 6.45) is 8.01. The summed E-state index contributed by atoms with van der Waals surface area (Å²) in [6.45, 7) is 0. The Kier molecular flexibility index (Phi) is 5.03. The molecule has 1 saturated carbocycles. The Bertz CT molecular complexity index is 425. The van der Waals surface area contributed by atoms with Crippen molar-refractivity contribution < 1.29 is 0 Å². The fourth-order valence-electron chi connectivity index (χ4n) is 3.52. The summed E-state index contributed by atoms with van der Waals surface area (Å²) in [5.74, 6) is 10.2. The maximum absolute atomic E-state index is 5.90. The van der Waals surface area contributed by atoms with Gasteiger partial charge < -0.3 is 0 Å². The van der Waals surface area contributed by atoms with Crippen LogP contribution in [-0.4, -0.2) is 11.5 Å². The van der Waals surface area contributed by atoms with Crippen molar-refractivity contribution in [2.75, 3.05) is 11.5 Å². The fraction of sp³-hybridized carbons (Fsp3) is 0.647. The number of nitrogens with two attached hydrogens (primary N) is 1. The molecule has 0 bridgehead atoms. The summed E-state index contributed by atoms with van der Waals surface area (Å²) in [7, 11) is 0. The van der Waals surface area contributed by atoms with E-state index in [4.69, 9.17) is 5.84 Å². The van der Waals surface area contributed by atoms with E-state index in [2.05, 4.69) is 41.5 Å². The van der Waals surface area contributed by atoms with Gasteiger partial charge in [0.25, 0.3) is 0 Å². The van der Waals surface area contributed by atoms with Gasteiger partial charge in [-0.05, 0) is 66.6 Å². The quantitative estimate of drug-likeness (QED) is 0.636. The number of hydrogen-bond donors (Lipinski definition) is 2. The highest BCUT2D eigenvalue weighted by atomic mass is 32.2. The summed E-state index contributed by atoms with van der Waals surface area (Å²) in [4.78, 5) is 0. The van der Waals surface area contributed by atoms with E-state index < -0.39 is 0 Å². The largest absolute Gasteiger partial charge is 0.271 e. The molecule has 1 heterocycles. The molecule has 3 N–H and O–H groups in total. The van der Waals surface area contributed by atoms with Crippen molar-refractivity contribution in [1.29, 1.82) is 0 Å². The Hall–Kier alpha value is -0.510. The molecule has 1 saturated heterocycles. The highest BCUT2D eigenvalue weighted by Crippen LogP contribution is 2.41. The lowest BCUT2D eigenvalue weighted by molar-refractivity contribution is 0.363. The third-order valence-electron chi connectivity index (χ3n) is 5.03. The van der Waals surface area contributed by atoms with Crippen LogP contribution in [0.25, 0.3) is 0 Å². The van der Waals surface area contributed by atoms with Gasteiger partial charge in [-0.15, -0.1) is 0 Å². The van der Waals surface area contributed by atoms with E-state index in [9.17, 15) is 0 Å². The van der Waals surface area contributed by atoms with Crippen LogP contribution in [0.2, 0.25) is 0 Å². The lowest BCUT2D eigenvalue weighted by atomic mass is 9.76. The van der Waals surface area contributed by atoms with Crippen LogP contribution in [0, 0.1) is 5.92 Å². The highest BCUT2D eigenvalue weighted by molar-refractivity contribution is 7.99. The van der Waals surface area contributed by atoms with E-state index >= 15 is 0 Å². The second-order valence-corrected chi connectivity index (χ2v) is 7.49. The van der Waals surface area contributed by atoms with Crippen molar-refractivity contribution >= 4 is 11.8 Å². The summed E-state index contributed by atoms with van der Waals surface area (Å²) < 4.78 is 0. The molecule has 0 radical (unpaired) electrons. The molecule has 1 atom stereocenters. The Morgan fingerprint density at radius 1 is 1.15 bits per heavy atom. The Morgan fingerprint density at radius 2 is 1.90 bits per heavy atom. The van der Waals surface area contributed by atoms with Crippen LogP contribution in [0.4, 0.5) is 0 Å². The van der Waals surface area contributed by atoms with Crippen LogP contribution in [0.5, 0.6) is 0 Å². The van der Waals surface area contributed by atoms with Gasteiger partial charge in [0.1, 0.15) is 0 Å². The summed E-state index contributed by atoms with van der Waals surface area (Å²) in [6, 6.07) is 9.29. The lowest BCUT2D eigenvalue weighted by Crippen LogP contribution is -2.31. The van der Waals surface area contributed by atoms with E-state index in [1.165, 1.54) is 55.6 Å². The van der Waals surface area contributed by atoms with Crippen molar-refractivity contribution in [2.24, 2.45) is 11.8 Å². The number of hydrogen-bond acceptors (Lipinski definition) is 3. The molecular weight excluding hydrogens is 264 g/mol. The van der Waals surface area contributed by atoms with E-state index in [-0.39, 0.29) is 0 Å². The molecular formula is C17H26N2S. The van der Waals surface area contributed by atoms with Gasteiger partial charge in [-0.3, -0.25) is 11.3 Å². The van der Waals surface area contributed by atoms with Crippen molar-refractivity contribution in [3.05, 3.63) is 35.4 Å². The summed E-state index contributed by atoms with van der Waals surface area (Å²) >= 11 is 2.10. The minimum atomic E-state index is 0.333. The van der Waals surface area contributed by atoms with Crippen molar-refractivity contribution in [2.45, 2.75) is 50.5 Å². The second-order valence-electron chi connectivity index (χ2n) is 6.27. The zero-order valence-corrected chi connectivity index (χ0v) is 13.0. The summed E-state index contributed by atoms with van der Waals surface area (Å²) in [5, 5.41) is 0. The maximum Gasteiger partial charge on any atom is 0.0465 e. The third kappa shape index (κ3) is 3.21. The molecule has 1 unspecified atom stereocenters. The molecule has 0 aromatic heterocycles. The predicted molar refractivity (Wildman–Crippen MR) is 87.8 cm³/mol. The Labute approximate surface area is 126 Å². The van der Waals surface area contributed by atoms with Gasteiger partial charge in [0.2, 0.25) is 0 Å². The minimum absolute atomic E-state index is 0.333. The molecule has 20 heavy (non-hydrogen) atoms. The molecule has 0 amide bonds. The normalized spacial score (nSPS) is 22.4. The van der Waals surface area contributed by atoms with E-state index in [0.29, 0.717) is 6.04 Å². The minimum Gasteiger partial charge on any atom is -0.271 e. The van der Waals surface area contributed by atoms with Gasteiger partial charge in [0, 0.05) is 6.04 Å². The molecule has 3 rings (SSSR count). The SMILES string of the molecule is NNC(CC1CCSCC1)c1ccccc1C1CCC1. The van der Waals surface area contributed by atoms with Crippen LogP contribution in [-0.2, 0) is 0 Å². The first kappa shape index (κ1) is 14.4. The molecule has 0 spiro atoms. The lowest BCUT2D eigenvalue weighted by Gasteiger charge is -2.32. The monoisotopic (exact) mass is 290 g/mol. The van der Waals surface area contributed by atoms with Gasteiger partial charge in [-0.25, -0.2) is 0 Å². The Morgan fingerprint density at radius 3 is 2.55 bits per heavy atom. The first-order valence-electron chi connectivity index (χ1n) is 8.01. The zero-order chi connectivity index (χ0) is 13.8. The third-order valence-corrected chi connectivity index (χ3v) is 6.08. The van der Waals surface area contributed by atoms with E-state index in [0.717, 1.165) is 11.8 Å². The average molecular weight is 290 g/mol. The smallest absolute Gasteiger partial charge is 0.0465 e. The molecule has 2 fully saturated rings. The van der Waals surface area contributed by atoms with Crippen LogP contribution < -0.4 is 11.3 Å². The zero-order valence-electron chi connectivity index (χ0n) is 12.2. The molecule has 2 aliphatic rings. The van der Waals surface area contributed by atoms with Crippen molar-refractivity contribution in [1.82, 2.24) is 5.43 Å². The second kappa shape index (κ2) is 6.97. The molecule has 1 aliphatic carbocycles. The molecule has 1 aliphatic heterocycles. The predicted octanol–water partition coefficient (Wildman–Crippen LogP) is 3.99. The number of nitrogens with one attached hydrogen (secondary N) is 1. The number of thioether (sulfide) groups is 1. The number of rotatable bonds is 5. The molecule has 3 heteroatoms. The topological polar surface area (TPSA) is 38.0 Å². The molecule has 1 aromatic carbocycles. The molecule has 110 valence electrons. The number of hydrazine groups is 1. The Balaban J connectivity index is 1.74. The van der Waals surface area contributed by atoms with Crippen LogP contribution in [0.3, 0.4) is 0 Å². The highest BCUT2D eigenvalue weighted by Gasteiger charge is 2.26. The molecule has 1 aromatic rings. The first-order valence-corrected chi connectivity index (χ1v) is 9.16. The van der Waals surface area contributed by atoms with Gasteiger partial charge >= 0.3 is 0 Å². The van der Waals surface area contributed by atoms with Crippen LogP contribution in [0.1, 0.15) is 61.6 Å². The summed E-state index contributed by atoms with van der Waals surface area (Å²) in [5.41, 5.74) is 6.11. The first-order chi connectivity index (χ1) is 9.88. The van der Waals surface area contributed by atoms with Crippen LogP contribution in [0.15, 0.2) is 24.3 Å². The van der Waals surface area contributed by atoms with E-state index in [1.807, 2.05) is 0 Å². The van der Waals surface area contributed by atoms with E-state index in [1.54, 1.807) is 5.56 Å². The van der Waals surface area contributed by atoms with Crippen molar-refractivity contribution in [3.8, 4) is 0 Å². The fourth-order valence-corrected chi connectivity index (χ4v) is 4.72. The standard InChI is InChI=1S/C17H26N2S/c18-19-17(12-13-8-10-20-11-9-13)16-7-2-1-6-15(16)14-4-3-5-14/h1-2,6-7,13-14,17,19H,3-5,8-12,18H2.